The normalized spacial score (nSPS) is 26.4. The molecular weight excluding hydrogens is 276 g/mol. The summed E-state index contributed by atoms with van der Waals surface area (Å²) in [5.74, 6) is 1.04. The second-order valence-electron chi connectivity index (χ2n) is 5.02. The van der Waals surface area contributed by atoms with Gasteiger partial charge in [-0.15, -0.1) is 0 Å². The molecule has 1 nitrogen and oxygen atoms in total. The van der Waals surface area contributed by atoms with Crippen LogP contribution in [-0.2, 0) is 0 Å². The maximum atomic E-state index is 6.22. The third kappa shape index (κ3) is 2.12. The summed E-state index contributed by atoms with van der Waals surface area (Å²) in [6, 6.07) is 8.29. The Labute approximate surface area is 113 Å². The smallest absolute Gasteiger partial charge is 0.122 e. The zero-order chi connectivity index (χ0) is 12.5. The van der Waals surface area contributed by atoms with Gasteiger partial charge < -0.3 is 4.74 Å². The third-order valence-corrected chi connectivity index (χ3v) is 5.65. The third-order valence-electron chi connectivity index (χ3n) is 4.37. The minimum absolute atomic E-state index is 0.322. The van der Waals surface area contributed by atoms with E-state index in [4.69, 9.17) is 4.74 Å². The van der Waals surface area contributed by atoms with E-state index in [9.17, 15) is 0 Å². The van der Waals surface area contributed by atoms with Crippen LogP contribution in [0.2, 0.25) is 0 Å². The van der Waals surface area contributed by atoms with Crippen LogP contribution < -0.4 is 4.74 Å². The molecule has 0 heterocycles. The molecule has 2 heteroatoms. The van der Waals surface area contributed by atoms with Crippen LogP contribution in [0.4, 0.5) is 0 Å². The maximum Gasteiger partial charge on any atom is 0.122 e. The summed E-state index contributed by atoms with van der Waals surface area (Å²) in [5.41, 5.74) is 1.55. The summed E-state index contributed by atoms with van der Waals surface area (Å²) < 4.78 is 6.22. The molecule has 1 aromatic carbocycles. The summed E-state index contributed by atoms with van der Waals surface area (Å²) in [6.07, 6.45) is 3.84. The molecule has 1 aliphatic rings. The fourth-order valence-electron chi connectivity index (χ4n) is 2.85. The molecule has 0 amide bonds. The lowest BCUT2D eigenvalue weighted by atomic mass is 9.62. The van der Waals surface area contributed by atoms with Gasteiger partial charge in [-0.3, -0.25) is 0 Å². The molecule has 0 N–H and O–H groups in total. The van der Waals surface area contributed by atoms with Gasteiger partial charge in [0.25, 0.3) is 0 Å². The molecule has 1 fully saturated rings. The van der Waals surface area contributed by atoms with Gasteiger partial charge in [-0.05, 0) is 37.8 Å². The van der Waals surface area contributed by atoms with E-state index in [1.807, 2.05) is 6.07 Å². The number of benzene rings is 1. The van der Waals surface area contributed by atoms with Crippen molar-refractivity contribution in [3.8, 4) is 5.75 Å². The molecular formula is C15H21BrO. The molecule has 0 aliphatic heterocycles. The molecule has 2 unspecified atom stereocenters. The van der Waals surface area contributed by atoms with E-state index in [2.05, 4.69) is 54.9 Å². The SMILES string of the molecule is CCC1(CC)C(Br)CC1Oc1ccccc1C. The largest absolute Gasteiger partial charge is 0.489 e. The van der Waals surface area contributed by atoms with Gasteiger partial charge in [0.15, 0.2) is 0 Å². The zero-order valence-electron chi connectivity index (χ0n) is 10.9. The number of aryl methyl sites for hydroxylation is 1. The average Bonchev–Trinajstić information content (AvgIpc) is 2.33. The van der Waals surface area contributed by atoms with Crippen LogP contribution in [0.25, 0.3) is 0 Å². The Morgan fingerprint density at radius 1 is 1.29 bits per heavy atom. The summed E-state index contributed by atoms with van der Waals surface area (Å²) in [4.78, 5) is 0.610. The van der Waals surface area contributed by atoms with Crippen molar-refractivity contribution in [3.05, 3.63) is 29.8 Å². The molecule has 0 bridgehead atoms. The van der Waals surface area contributed by atoms with Crippen molar-refractivity contribution in [2.45, 2.75) is 51.0 Å². The van der Waals surface area contributed by atoms with Crippen LogP contribution in [-0.4, -0.2) is 10.9 Å². The van der Waals surface area contributed by atoms with E-state index in [-0.39, 0.29) is 0 Å². The van der Waals surface area contributed by atoms with Crippen molar-refractivity contribution >= 4 is 15.9 Å². The molecule has 1 aliphatic carbocycles. The van der Waals surface area contributed by atoms with Gasteiger partial charge in [0.1, 0.15) is 11.9 Å². The van der Waals surface area contributed by atoms with Crippen LogP contribution in [0.1, 0.15) is 38.7 Å². The van der Waals surface area contributed by atoms with E-state index in [0.29, 0.717) is 16.3 Å². The summed E-state index contributed by atoms with van der Waals surface area (Å²) in [5, 5.41) is 0. The first kappa shape index (κ1) is 12.9. The second kappa shape index (κ2) is 5.01. The lowest BCUT2D eigenvalue weighted by molar-refractivity contribution is -0.0414. The van der Waals surface area contributed by atoms with Gasteiger partial charge in [0.05, 0.1) is 0 Å². The minimum atomic E-state index is 0.322. The van der Waals surface area contributed by atoms with E-state index < -0.39 is 0 Å². The standard InChI is InChI=1S/C15H21BrO/c1-4-15(5-2)13(16)10-14(15)17-12-9-7-6-8-11(12)3/h6-9,13-14H,4-5,10H2,1-3H3. The molecule has 0 aromatic heterocycles. The molecule has 0 saturated heterocycles. The number of rotatable bonds is 4. The number of halogens is 1. The fourth-order valence-corrected chi connectivity index (χ4v) is 4.14. The highest BCUT2D eigenvalue weighted by atomic mass is 79.9. The number of alkyl halides is 1. The number of ether oxygens (including phenoxy) is 1. The second-order valence-corrected chi connectivity index (χ2v) is 6.12. The van der Waals surface area contributed by atoms with E-state index >= 15 is 0 Å². The Hall–Kier alpha value is -0.500. The molecule has 2 rings (SSSR count). The number of para-hydroxylation sites is 1. The van der Waals surface area contributed by atoms with Gasteiger partial charge in [0, 0.05) is 10.2 Å². The van der Waals surface area contributed by atoms with E-state index in [1.165, 1.54) is 18.4 Å². The highest BCUT2D eigenvalue weighted by Gasteiger charge is 2.53. The van der Waals surface area contributed by atoms with Crippen LogP contribution >= 0.6 is 15.9 Å². The van der Waals surface area contributed by atoms with Crippen molar-refractivity contribution in [1.82, 2.24) is 0 Å². The van der Waals surface area contributed by atoms with Crippen molar-refractivity contribution in [2.75, 3.05) is 0 Å². The first-order valence-electron chi connectivity index (χ1n) is 6.50. The fraction of sp³-hybridized carbons (Fsp3) is 0.600. The minimum Gasteiger partial charge on any atom is -0.489 e. The monoisotopic (exact) mass is 296 g/mol. The molecule has 1 aromatic rings. The van der Waals surface area contributed by atoms with Crippen LogP contribution in [0.3, 0.4) is 0 Å². The number of hydrogen-bond acceptors (Lipinski definition) is 1. The lowest BCUT2D eigenvalue weighted by Gasteiger charge is -2.52. The van der Waals surface area contributed by atoms with Crippen molar-refractivity contribution in [2.24, 2.45) is 5.41 Å². The van der Waals surface area contributed by atoms with Crippen molar-refractivity contribution < 1.29 is 4.74 Å². The van der Waals surface area contributed by atoms with Gasteiger partial charge >= 0.3 is 0 Å². The number of hydrogen-bond donors (Lipinski definition) is 0. The van der Waals surface area contributed by atoms with Crippen LogP contribution in [0, 0.1) is 12.3 Å². The highest BCUT2D eigenvalue weighted by Crippen LogP contribution is 2.52. The predicted octanol–water partition coefficient (Wildman–Crippen LogP) is 4.72. The van der Waals surface area contributed by atoms with Gasteiger partial charge in [-0.25, -0.2) is 0 Å². The molecule has 94 valence electrons. The topological polar surface area (TPSA) is 9.23 Å². The zero-order valence-corrected chi connectivity index (χ0v) is 12.5. The Kier molecular flexibility index (Phi) is 3.82. The molecule has 1 saturated carbocycles. The average molecular weight is 297 g/mol. The predicted molar refractivity (Wildman–Crippen MR) is 75.9 cm³/mol. The maximum absolute atomic E-state index is 6.22. The first-order valence-corrected chi connectivity index (χ1v) is 7.42. The molecule has 2 atom stereocenters. The Bertz CT molecular complexity index is 384. The van der Waals surface area contributed by atoms with Gasteiger partial charge in [-0.2, -0.15) is 0 Å². The summed E-state index contributed by atoms with van der Waals surface area (Å²) >= 11 is 3.80. The van der Waals surface area contributed by atoms with E-state index in [1.54, 1.807) is 0 Å². The molecule has 0 radical (unpaired) electrons. The first-order chi connectivity index (χ1) is 8.14. The molecule has 17 heavy (non-hydrogen) atoms. The summed E-state index contributed by atoms with van der Waals surface area (Å²) in [7, 11) is 0. The quantitative estimate of drug-likeness (QED) is 0.731. The Morgan fingerprint density at radius 3 is 2.47 bits per heavy atom. The highest BCUT2D eigenvalue weighted by molar-refractivity contribution is 9.09. The van der Waals surface area contributed by atoms with Crippen molar-refractivity contribution in [3.63, 3.8) is 0 Å². The van der Waals surface area contributed by atoms with Gasteiger partial charge in [0.2, 0.25) is 0 Å². The summed E-state index contributed by atoms with van der Waals surface area (Å²) in [6.45, 7) is 6.65. The van der Waals surface area contributed by atoms with Gasteiger partial charge in [-0.1, -0.05) is 48.0 Å². The Balaban J connectivity index is 2.13. The molecule has 0 spiro atoms. The lowest BCUT2D eigenvalue weighted by Crippen LogP contribution is -2.56. The van der Waals surface area contributed by atoms with E-state index in [0.717, 1.165) is 12.2 Å². The van der Waals surface area contributed by atoms with Crippen molar-refractivity contribution in [1.29, 1.82) is 0 Å². The Morgan fingerprint density at radius 2 is 1.94 bits per heavy atom. The van der Waals surface area contributed by atoms with Crippen LogP contribution in [0.15, 0.2) is 24.3 Å². The van der Waals surface area contributed by atoms with Crippen LogP contribution in [0.5, 0.6) is 5.75 Å².